The van der Waals surface area contributed by atoms with Gasteiger partial charge in [0.2, 0.25) is 10.0 Å². The zero-order valence-corrected chi connectivity index (χ0v) is 20.8. The largest absolute Gasteiger partial charge is 0.417 e. The summed E-state index contributed by atoms with van der Waals surface area (Å²) in [5, 5.41) is 1.77. The predicted octanol–water partition coefficient (Wildman–Crippen LogP) is 5.98. The Balaban J connectivity index is 1.62. The summed E-state index contributed by atoms with van der Waals surface area (Å²) < 4.78 is 94.8. The van der Waals surface area contributed by atoms with Gasteiger partial charge in [-0.25, -0.2) is 27.2 Å². The molecule has 0 aliphatic rings. The first-order chi connectivity index (χ1) is 17.8. The molecule has 2 aromatic carbocycles. The van der Waals surface area contributed by atoms with E-state index in [1.54, 1.807) is 6.92 Å². The second kappa shape index (κ2) is 10.2. The number of rotatable bonds is 7. The number of sulfonamides is 1. The summed E-state index contributed by atoms with van der Waals surface area (Å²) in [6, 6.07) is 6.09. The molecule has 15 heteroatoms. The van der Waals surface area contributed by atoms with Gasteiger partial charge in [-0.05, 0) is 42.8 Å². The van der Waals surface area contributed by atoms with E-state index in [1.807, 2.05) is 4.72 Å². The Hall–Kier alpha value is -3.78. The summed E-state index contributed by atoms with van der Waals surface area (Å²) in [5.74, 6) is -4.17. The third-order valence-corrected chi connectivity index (χ3v) is 7.00. The number of hydrogen-bond acceptors (Lipinski definition) is 5. The van der Waals surface area contributed by atoms with Crippen LogP contribution in [-0.4, -0.2) is 35.0 Å². The van der Waals surface area contributed by atoms with E-state index in [1.165, 1.54) is 12.1 Å². The number of amides is 1. The quantitative estimate of drug-likeness (QED) is 0.235. The molecule has 0 fully saturated rings. The molecule has 0 aliphatic carbocycles. The lowest BCUT2D eigenvalue weighted by atomic mass is 10.1. The molecule has 200 valence electrons. The van der Waals surface area contributed by atoms with Crippen molar-refractivity contribution < 1.29 is 35.2 Å². The Morgan fingerprint density at radius 1 is 1.13 bits per heavy atom. The number of pyridine rings is 1. The van der Waals surface area contributed by atoms with Crippen LogP contribution in [0.25, 0.3) is 22.6 Å². The fourth-order valence-electron chi connectivity index (χ4n) is 3.51. The van der Waals surface area contributed by atoms with Gasteiger partial charge in [0.15, 0.2) is 11.5 Å². The monoisotopic (exact) mass is 573 g/mol. The molecule has 0 atom stereocenters. The normalized spacial score (nSPS) is 12.1. The Morgan fingerprint density at radius 2 is 1.87 bits per heavy atom. The summed E-state index contributed by atoms with van der Waals surface area (Å²) in [6.45, 7) is 1.60. The number of aromatic nitrogens is 3. The third-order valence-electron chi connectivity index (χ3n) is 5.20. The van der Waals surface area contributed by atoms with Crippen molar-refractivity contribution in [1.82, 2.24) is 15.0 Å². The summed E-state index contributed by atoms with van der Waals surface area (Å²) in [7, 11) is -3.92. The van der Waals surface area contributed by atoms with E-state index in [0.29, 0.717) is 0 Å². The van der Waals surface area contributed by atoms with Crippen molar-refractivity contribution >= 4 is 50.1 Å². The maximum absolute atomic E-state index is 14.9. The molecule has 38 heavy (non-hydrogen) atoms. The van der Waals surface area contributed by atoms with Crippen LogP contribution in [0.5, 0.6) is 0 Å². The number of halogens is 6. The predicted molar refractivity (Wildman–Crippen MR) is 131 cm³/mol. The van der Waals surface area contributed by atoms with E-state index in [9.17, 15) is 35.2 Å². The van der Waals surface area contributed by atoms with E-state index < -0.39 is 55.6 Å². The number of anilines is 2. The molecular weight excluding hydrogens is 557 g/mol. The number of benzene rings is 2. The van der Waals surface area contributed by atoms with Crippen molar-refractivity contribution in [2.75, 3.05) is 15.8 Å². The lowest BCUT2D eigenvalue weighted by Gasteiger charge is -2.12. The van der Waals surface area contributed by atoms with Gasteiger partial charge in [0, 0.05) is 5.56 Å². The molecule has 2 aromatic heterocycles. The number of fused-ring (bicyclic) bond motifs is 1. The topological polar surface area (TPSA) is 117 Å². The number of carbonyl (C=O) groups is 1. The first-order valence-electron chi connectivity index (χ1n) is 10.8. The maximum Gasteiger partial charge on any atom is 0.417 e. The highest BCUT2D eigenvalue weighted by molar-refractivity contribution is 7.92. The summed E-state index contributed by atoms with van der Waals surface area (Å²) in [5.41, 5.74) is -2.38. The molecule has 3 N–H and O–H groups in total. The molecular formula is C23H17ClF5N5O3S. The number of H-pyrrole nitrogens is 1. The van der Waals surface area contributed by atoms with Crippen molar-refractivity contribution in [2.45, 2.75) is 19.5 Å². The molecule has 0 bridgehead atoms. The number of nitrogens with zero attached hydrogens (tertiary/aromatic N) is 2. The van der Waals surface area contributed by atoms with Gasteiger partial charge in [-0.3, -0.25) is 9.52 Å². The Kier molecular flexibility index (Phi) is 7.30. The zero-order chi connectivity index (χ0) is 27.8. The van der Waals surface area contributed by atoms with E-state index in [2.05, 4.69) is 20.3 Å². The van der Waals surface area contributed by atoms with Crippen LogP contribution in [0.15, 0.2) is 42.6 Å². The van der Waals surface area contributed by atoms with Crippen LogP contribution in [0.2, 0.25) is 5.02 Å². The number of imidazole rings is 1. The van der Waals surface area contributed by atoms with Crippen molar-refractivity contribution in [2.24, 2.45) is 0 Å². The average Bonchev–Trinajstić information content (AvgIpc) is 3.24. The van der Waals surface area contributed by atoms with Gasteiger partial charge in [0.05, 0.1) is 33.9 Å². The molecule has 4 rings (SSSR count). The number of alkyl halides is 3. The second-order valence-corrected chi connectivity index (χ2v) is 10.3. The molecule has 0 radical (unpaired) electrons. The summed E-state index contributed by atoms with van der Waals surface area (Å²) in [6.07, 6.45) is -3.31. The molecule has 0 unspecified atom stereocenters. The molecule has 0 saturated heterocycles. The number of aromatic amines is 1. The minimum Gasteiger partial charge on any atom is -0.323 e. The van der Waals surface area contributed by atoms with Crippen LogP contribution in [0.4, 0.5) is 33.3 Å². The van der Waals surface area contributed by atoms with Gasteiger partial charge in [0.1, 0.15) is 22.7 Å². The average molecular weight is 574 g/mol. The van der Waals surface area contributed by atoms with Crippen LogP contribution in [0, 0.1) is 11.6 Å². The molecule has 0 spiro atoms. The van der Waals surface area contributed by atoms with Crippen molar-refractivity contribution in [3.63, 3.8) is 0 Å². The van der Waals surface area contributed by atoms with Crippen LogP contribution in [0.1, 0.15) is 29.3 Å². The van der Waals surface area contributed by atoms with Crippen LogP contribution >= 0.6 is 11.6 Å². The molecule has 4 aromatic rings. The molecule has 8 nitrogen and oxygen atoms in total. The van der Waals surface area contributed by atoms with E-state index >= 15 is 0 Å². The fraction of sp³-hybridized carbons (Fsp3) is 0.174. The molecule has 0 aliphatic heterocycles. The molecule has 1 amide bonds. The van der Waals surface area contributed by atoms with Crippen molar-refractivity contribution in [1.29, 1.82) is 0 Å². The van der Waals surface area contributed by atoms with E-state index in [0.717, 1.165) is 30.5 Å². The molecule has 2 heterocycles. The lowest BCUT2D eigenvalue weighted by Crippen LogP contribution is -2.20. The number of hydrogen-bond donors (Lipinski definition) is 3. The first kappa shape index (κ1) is 27.3. The van der Waals surface area contributed by atoms with Gasteiger partial charge < -0.3 is 10.3 Å². The third kappa shape index (κ3) is 5.70. The van der Waals surface area contributed by atoms with Gasteiger partial charge in [-0.15, -0.1) is 0 Å². The smallest absolute Gasteiger partial charge is 0.323 e. The minimum atomic E-state index is -4.69. The number of nitrogens with one attached hydrogen (secondary N) is 3. The van der Waals surface area contributed by atoms with Crippen molar-refractivity contribution in [3.05, 3.63) is 70.4 Å². The minimum absolute atomic E-state index is 0.0299. The first-order valence-corrected chi connectivity index (χ1v) is 12.8. The highest BCUT2D eigenvalue weighted by atomic mass is 35.5. The second-order valence-electron chi connectivity index (χ2n) is 8.03. The summed E-state index contributed by atoms with van der Waals surface area (Å²) in [4.78, 5) is 23.6. The number of carbonyl (C=O) groups excluding carboxylic acids is 1. The van der Waals surface area contributed by atoms with Crippen LogP contribution < -0.4 is 10.0 Å². The Bertz CT molecular complexity index is 1660. The summed E-state index contributed by atoms with van der Waals surface area (Å²) >= 11 is 5.65. The molecule has 0 saturated carbocycles. The van der Waals surface area contributed by atoms with Crippen LogP contribution in [0.3, 0.4) is 0 Å². The van der Waals surface area contributed by atoms with Crippen molar-refractivity contribution in [3.8, 4) is 11.4 Å². The van der Waals surface area contributed by atoms with Gasteiger partial charge in [-0.2, -0.15) is 13.2 Å². The maximum atomic E-state index is 14.9. The van der Waals surface area contributed by atoms with Gasteiger partial charge in [-0.1, -0.05) is 18.5 Å². The SMILES string of the molecule is CCCS(=O)(=O)Nc1ccc(F)c(C(=O)Nc2cnc3[nH]c(-c4ccc(Cl)c(C(F)(F)F)c4)nc3c2)c1F. The van der Waals surface area contributed by atoms with Gasteiger partial charge >= 0.3 is 6.18 Å². The zero-order valence-electron chi connectivity index (χ0n) is 19.3. The highest BCUT2D eigenvalue weighted by Gasteiger charge is 2.33. The standard InChI is InChI=1S/C23H17ClF5N5O3S/c1-2-7-38(36,37)34-16-6-5-15(25)18(19(16)26)22(35)31-12-9-17-21(30-10-12)33-20(32-17)11-3-4-14(24)13(8-11)23(27,28)29/h3-6,8-10,34H,2,7H2,1H3,(H,31,35)(H,30,32,33). The van der Waals surface area contributed by atoms with E-state index in [-0.39, 0.29) is 40.4 Å². The Labute approximate surface area is 217 Å². The van der Waals surface area contributed by atoms with Crippen LogP contribution in [-0.2, 0) is 16.2 Å². The lowest BCUT2D eigenvalue weighted by molar-refractivity contribution is -0.137. The fourth-order valence-corrected chi connectivity index (χ4v) is 4.87. The van der Waals surface area contributed by atoms with E-state index in [4.69, 9.17) is 11.6 Å². The van der Waals surface area contributed by atoms with Gasteiger partial charge in [0.25, 0.3) is 5.91 Å². The Morgan fingerprint density at radius 3 is 2.55 bits per heavy atom. The highest BCUT2D eigenvalue weighted by Crippen LogP contribution is 2.37.